The number of nitrogens with two attached hydrogens (primary N) is 2. The standard InChI is InChI=1S/C16H17ClN4O4/c1-9(19)12(7-18)14(22)8-25-15(23)6-13(21-16(20)24)10-2-4-11(17)5-3-10/h2-5,13H,6,8,19H2,1H3,(H3,20,21,24)/b12-9-. The van der Waals surface area contributed by atoms with Gasteiger partial charge < -0.3 is 21.5 Å². The molecule has 0 aromatic heterocycles. The third kappa shape index (κ3) is 6.53. The number of carbonyl (C=O) groups excluding carboxylic acids is 3. The molecular weight excluding hydrogens is 348 g/mol. The van der Waals surface area contributed by atoms with Gasteiger partial charge in [-0.3, -0.25) is 9.59 Å². The van der Waals surface area contributed by atoms with E-state index >= 15 is 0 Å². The Balaban J connectivity index is 2.75. The summed E-state index contributed by atoms with van der Waals surface area (Å²) >= 11 is 5.80. The van der Waals surface area contributed by atoms with Gasteiger partial charge in [0.25, 0.3) is 0 Å². The fourth-order valence-corrected chi connectivity index (χ4v) is 2.06. The first kappa shape index (κ1) is 20.0. The number of amides is 2. The number of carbonyl (C=O) groups is 3. The smallest absolute Gasteiger partial charge is 0.312 e. The molecule has 0 saturated carbocycles. The van der Waals surface area contributed by atoms with Crippen molar-refractivity contribution in [3.63, 3.8) is 0 Å². The van der Waals surface area contributed by atoms with E-state index in [9.17, 15) is 14.4 Å². The van der Waals surface area contributed by atoms with Crippen LogP contribution in [0, 0.1) is 11.3 Å². The summed E-state index contributed by atoms with van der Waals surface area (Å²) in [4.78, 5) is 34.8. The molecule has 0 bridgehead atoms. The van der Waals surface area contributed by atoms with Crippen LogP contribution < -0.4 is 16.8 Å². The van der Waals surface area contributed by atoms with Crippen LogP contribution in [0.4, 0.5) is 4.79 Å². The first-order valence-electron chi connectivity index (χ1n) is 7.11. The van der Waals surface area contributed by atoms with Crippen LogP contribution in [0.15, 0.2) is 35.5 Å². The minimum Gasteiger partial charge on any atom is -0.457 e. The first-order chi connectivity index (χ1) is 11.7. The van der Waals surface area contributed by atoms with E-state index in [-0.39, 0.29) is 17.7 Å². The molecule has 2 amide bonds. The van der Waals surface area contributed by atoms with Crippen molar-refractivity contribution in [3.05, 3.63) is 46.1 Å². The lowest BCUT2D eigenvalue weighted by atomic mass is 10.0. The molecule has 0 heterocycles. The number of allylic oxidation sites excluding steroid dienone is 1. The maximum atomic E-state index is 11.9. The molecule has 132 valence electrons. The van der Waals surface area contributed by atoms with Crippen molar-refractivity contribution in [3.8, 4) is 6.07 Å². The molecule has 9 heteroatoms. The quantitative estimate of drug-likeness (QED) is 0.377. The number of Topliss-reactive ketones (excluding diaryl/α,β-unsaturated/α-hetero) is 1. The lowest BCUT2D eigenvalue weighted by Crippen LogP contribution is -2.34. The number of hydrogen-bond acceptors (Lipinski definition) is 6. The lowest BCUT2D eigenvalue weighted by molar-refractivity contribution is -0.147. The lowest BCUT2D eigenvalue weighted by Gasteiger charge is -2.17. The number of halogens is 1. The molecule has 8 nitrogen and oxygen atoms in total. The highest BCUT2D eigenvalue weighted by Gasteiger charge is 2.20. The molecule has 1 atom stereocenters. The average Bonchev–Trinajstić information content (AvgIpc) is 2.53. The Hall–Kier alpha value is -3.05. The van der Waals surface area contributed by atoms with Crippen molar-refractivity contribution < 1.29 is 19.1 Å². The molecule has 5 N–H and O–H groups in total. The van der Waals surface area contributed by atoms with Crippen LogP contribution in [0.1, 0.15) is 24.9 Å². The Morgan fingerprint density at radius 1 is 1.28 bits per heavy atom. The number of hydrogen-bond donors (Lipinski definition) is 3. The van der Waals surface area contributed by atoms with Gasteiger partial charge in [-0.1, -0.05) is 23.7 Å². The van der Waals surface area contributed by atoms with Crippen LogP contribution in [0.25, 0.3) is 0 Å². The van der Waals surface area contributed by atoms with Gasteiger partial charge in [0.15, 0.2) is 6.61 Å². The van der Waals surface area contributed by atoms with E-state index in [0.717, 1.165) is 0 Å². The molecule has 25 heavy (non-hydrogen) atoms. The second-order valence-electron chi connectivity index (χ2n) is 5.07. The number of rotatable bonds is 7. The van der Waals surface area contributed by atoms with Gasteiger partial charge in [0.05, 0.1) is 12.5 Å². The molecular formula is C16H17ClN4O4. The zero-order chi connectivity index (χ0) is 19.0. The SMILES string of the molecule is C/C(N)=C(\C#N)C(=O)COC(=O)CC(NC(N)=O)c1ccc(Cl)cc1. The van der Waals surface area contributed by atoms with Crippen LogP contribution in [0.5, 0.6) is 0 Å². The summed E-state index contributed by atoms with van der Waals surface area (Å²) in [5.41, 5.74) is 10.9. The average molecular weight is 365 g/mol. The number of benzene rings is 1. The number of nitriles is 1. The molecule has 0 aliphatic heterocycles. The van der Waals surface area contributed by atoms with Gasteiger partial charge >= 0.3 is 12.0 Å². The summed E-state index contributed by atoms with van der Waals surface area (Å²) in [5.74, 6) is -1.46. The van der Waals surface area contributed by atoms with Crippen molar-refractivity contribution in [2.45, 2.75) is 19.4 Å². The van der Waals surface area contributed by atoms with Crippen molar-refractivity contribution in [2.75, 3.05) is 6.61 Å². The largest absolute Gasteiger partial charge is 0.457 e. The molecule has 0 saturated heterocycles. The van der Waals surface area contributed by atoms with E-state index in [1.54, 1.807) is 30.3 Å². The first-order valence-corrected chi connectivity index (χ1v) is 7.49. The molecule has 1 aromatic carbocycles. The highest BCUT2D eigenvalue weighted by Crippen LogP contribution is 2.20. The predicted octanol–water partition coefficient (Wildman–Crippen LogP) is 1.31. The summed E-state index contributed by atoms with van der Waals surface area (Å²) in [6.45, 7) is 0.770. The molecule has 0 radical (unpaired) electrons. The monoisotopic (exact) mass is 364 g/mol. The van der Waals surface area contributed by atoms with Gasteiger partial charge in [-0.2, -0.15) is 5.26 Å². The molecule has 1 rings (SSSR count). The molecule has 0 fully saturated rings. The Bertz CT molecular complexity index is 733. The van der Waals surface area contributed by atoms with E-state index < -0.39 is 30.4 Å². The van der Waals surface area contributed by atoms with Crippen molar-refractivity contribution in [1.82, 2.24) is 5.32 Å². The Morgan fingerprint density at radius 3 is 2.36 bits per heavy atom. The van der Waals surface area contributed by atoms with Crippen molar-refractivity contribution in [2.24, 2.45) is 11.5 Å². The highest BCUT2D eigenvalue weighted by atomic mass is 35.5. The second kappa shape index (κ2) is 9.30. The zero-order valence-electron chi connectivity index (χ0n) is 13.4. The fraction of sp³-hybridized carbons (Fsp3) is 0.250. The Kier molecular flexibility index (Phi) is 7.43. The van der Waals surface area contributed by atoms with Crippen LogP contribution >= 0.6 is 11.6 Å². The minimum atomic E-state index is -0.822. The van der Waals surface area contributed by atoms with E-state index in [4.69, 9.17) is 33.1 Å². The maximum absolute atomic E-state index is 11.9. The molecule has 0 aliphatic rings. The van der Waals surface area contributed by atoms with Gasteiger partial charge in [0.2, 0.25) is 5.78 Å². The Morgan fingerprint density at radius 2 is 1.88 bits per heavy atom. The van der Waals surface area contributed by atoms with Gasteiger partial charge in [0.1, 0.15) is 11.6 Å². The summed E-state index contributed by atoms with van der Waals surface area (Å²) in [6, 6.07) is 6.51. The Labute approximate surface area is 149 Å². The number of esters is 1. The number of nitrogens with one attached hydrogen (secondary N) is 1. The second-order valence-corrected chi connectivity index (χ2v) is 5.51. The minimum absolute atomic E-state index is 0.0398. The fourth-order valence-electron chi connectivity index (χ4n) is 1.93. The van der Waals surface area contributed by atoms with Crippen molar-refractivity contribution in [1.29, 1.82) is 5.26 Å². The van der Waals surface area contributed by atoms with E-state index in [1.807, 2.05) is 0 Å². The van der Waals surface area contributed by atoms with Crippen LogP contribution in [0.3, 0.4) is 0 Å². The summed E-state index contributed by atoms with van der Waals surface area (Å²) < 4.78 is 4.85. The summed E-state index contributed by atoms with van der Waals surface area (Å²) in [6.07, 6.45) is -0.259. The topological polar surface area (TPSA) is 148 Å². The number of urea groups is 1. The normalized spacial score (nSPS) is 12.4. The number of ether oxygens (including phenoxy) is 1. The molecule has 0 spiro atoms. The van der Waals surface area contributed by atoms with Gasteiger partial charge in [-0.05, 0) is 24.6 Å². The van der Waals surface area contributed by atoms with Gasteiger partial charge in [0, 0.05) is 10.7 Å². The molecule has 1 unspecified atom stereocenters. The number of nitrogens with zero attached hydrogens (tertiary/aromatic N) is 1. The van der Waals surface area contributed by atoms with Crippen molar-refractivity contribution >= 4 is 29.4 Å². The summed E-state index contributed by atoms with van der Waals surface area (Å²) in [7, 11) is 0. The molecule has 0 aliphatic carbocycles. The third-order valence-corrected chi connectivity index (χ3v) is 3.36. The van der Waals surface area contributed by atoms with Crippen LogP contribution in [0.2, 0.25) is 5.02 Å². The zero-order valence-corrected chi connectivity index (χ0v) is 14.2. The van der Waals surface area contributed by atoms with Gasteiger partial charge in [-0.15, -0.1) is 0 Å². The molecule has 1 aromatic rings. The highest BCUT2D eigenvalue weighted by molar-refractivity contribution is 6.30. The van der Waals surface area contributed by atoms with Crippen LogP contribution in [-0.4, -0.2) is 24.4 Å². The van der Waals surface area contributed by atoms with E-state index in [1.165, 1.54) is 6.92 Å². The number of ketones is 1. The van der Waals surface area contributed by atoms with Gasteiger partial charge in [-0.25, -0.2) is 4.79 Å². The summed E-state index contributed by atoms with van der Waals surface area (Å²) in [5, 5.41) is 11.7. The van der Waals surface area contributed by atoms with Crippen LogP contribution in [-0.2, 0) is 14.3 Å². The number of primary amides is 1. The predicted molar refractivity (Wildman–Crippen MR) is 90.0 cm³/mol. The maximum Gasteiger partial charge on any atom is 0.312 e. The van der Waals surface area contributed by atoms with E-state index in [0.29, 0.717) is 10.6 Å². The van der Waals surface area contributed by atoms with E-state index in [2.05, 4.69) is 5.32 Å². The third-order valence-electron chi connectivity index (χ3n) is 3.11.